The Balaban J connectivity index is 1.54. The molecule has 102 valence electrons. The van der Waals surface area contributed by atoms with E-state index in [9.17, 15) is 4.79 Å². The highest BCUT2D eigenvalue weighted by Crippen LogP contribution is 2.39. The van der Waals surface area contributed by atoms with Gasteiger partial charge in [0.15, 0.2) is 0 Å². The molecule has 3 fully saturated rings. The van der Waals surface area contributed by atoms with E-state index in [0.717, 1.165) is 45.6 Å². The van der Waals surface area contributed by atoms with Crippen molar-refractivity contribution in [3.05, 3.63) is 0 Å². The van der Waals surface area contributed by atoms with E-state index in [4.69, 9.17) is 4.74 Å². The number of nitrogens with one attached hydrogen (secondary N) is 1. The fourth-order valence-electron chi connectivity index (χ4n) is 3.63. The molecule has 4 heteroatoms. The molecule has 1 atom stereocenters. The Labute approximate surface area is 109 Å². The van der Waals surface area contributed by atoms with Crippen molar-refractivity contribution in [1.29, 1.82) is 0 Å². The van der Waals surface area contributed by atoms with Gasteiger partial charge in [-0.3, -0.25) is 4.79 Å². The van der Waals surface area contributed by atoms with Gasteiger partial charge >= 0.3 is 0 Å². The lowest BCUT2D eigenvalue weighted by molar-refractivity contribution is -0.143. The van der Waals surface area contributed by atoms with E-state index in [0.29, 0.717) is 5.41 Å². The lowest BCUT2D eigenvalue weighted by Gasteiger charge is -2.44. The van der Waals surface area contributed by atoms with Crippen LogP contribution in [0.15, 0.2) is 0 Å². The fraction of sp³-hybridized carbons (Fsp3) is 0.929. The van der Waals surface area contributed by atoms with Crippen LogP contribution in [0.3, 0.4) is 0 Å². The first kappa shape index (κ1) is 12.4. The summed E-state index contributed by atoms with van der Waals surface area (Å²) in [5, 5.41) is 3.43. The molecule has 18 heavy (non-hydrogen) atoms. The maximum Gasteiger partial charge on any atom is 0.251 e. The summed E-state index contributed by atoms with van der Waals surface area (Å²) in [7, 11) is 0. The largest absolute Gasteiger partial charge is 0.368 e. The molecule has 1 amide bonds. The second-order valence-corrected chi connectivity index (χ2v) is 6.08. The van der Waals surface area contributed by atoms with Crippen LogP contribution < -0.4 is 5.32 Å². The SMILES string of the molecule is O=C([C@H]1CCCO1)N1CCC2(CCNCC2)CC1. The molecule has 4 nitrogen and oxygen atoms in total. The van der Waals surface area contributed by atoms with Gasteiger partial charge in [-0.05, 0) is 57.0 Å². The van der Waals surface area contributed by atoms with E-state index < -0.39 is 0 Å². The average molecular weight is 252 g/mol. The second kappa shape index (κ2) is 5.17. The van der Waals surface area contributed by atoms with Gasteiger partial charge in [0.05, 0.1) is 0 Å². The average Bonchev–Trinajstić information content (AvgIpc) is 2.94. The molecule has 0 aromatic carbocycles. The summed E-state index contributed by atoms with van der Waals surface area (Å²) in [4.78, 5) is 14.3. The van der Waals surface area contributed by atoms with Crippen LogP contribution in [-0.4, -0.2) is 49.7 Å². The number of carbonyl (C=O) groups is 1. The van der Waals surface area contributed by atoms with Gasteiger partial charge in [0, 0.05) is 19.7 Å². The maximum atomic E-state index is 12.3. The van der Waals surface area contributed by atoms with Crippen molar-refractivity contribution in [2.75, 3.05) is 32.8 Å². The van der Waals surface area contributed by atoms with Crippen molar-refractivity contribution in [3.8, 4) is 0 Å². The third kappa shape index (κ3) is 2.41. The topological polar surface area (TPSA) is 41.6 Å². The number of nitrogens with zero attached hydrogens (tertiary/aromatic N) is 1. The molecule has 1 spiro atoms. The molecule has 0 aliphatic carbocycles. The van der Waals surface area contributed by atoms with Crippen LogP contribution in [0.5, 0.6) is 0 Å². The van der Waals surface area contributed by atoms with E-state index >= 15 is 0 Å². The van der Waals surface area contributed by atoms with Crippen LogP contribution >= 0.6 is 0 Å². The van der Waals surface area contributed by atoms with Gasteiger partial charge in [-0.15, -0.1) is 0 Å². The summed E-state index contributed by atoms with van der Waals surface area (Å²) < 4.78 is 5.50. The van der Waals surface area contributed by atoms with Crippen LogP contribution in [-0.2, 0) is 9.53 Å². The van der Waals surface area contributed by atoms with Crippen LogP contribution in [0, 0.1) is 5.41 Å². The molecule has 0 radical (unpaired) electrons. The van der Waals surface area contributed by atoms with E-state index in [-0.39, 0.29) is 12.0 Å². The van der Waals surface area contributed by atoms with Crippen molar-refractivity contribution in [1.82, 2.24) is 10.2 Å². The highest BCUT2D eigenvalue weighted by Gasteiger charge is 2.38. The van der Waals surface area contributed by atoms with Gasteiger partial charge in [-0.1, -0.05) is 0 Å². The summed E-state index contributed by atoms with van der Waals surface area (Å²) in [6.07, 6.45) is 6.78. The quantitative estimate of drug-likeness (QED) is 0.761. The first-order valence-electron chi connectivity index (χ1n) is 7.40. The number of rotatable bonds is 1. The number of carbonyl (C=O) groups excluding carboxylic acids is 1. The number of amides is 1. The molecule has 3 heterocycles. The molecule has 0 bridgehead atoms. The zero-order chi connectivity index (χ0) is 12.4. The Morgan fingerprint density at radius 3 is 2.50 bits per heavy atom. The maximum absolute atomic E-state index is 12.3. The molecular formula is C14H24N2O2. The number of piperidine rings is 2. The van der Waals surface area contributed by atoms with E-state index in [1.54, 1.807) is 0 Å². The summed E-state index contributed by atoms with van der Waals surface area (Å²) in [5.41, 5.74) is 0.526. The van der Waals surface area contributed by atoms with E-state index in [1.807, 2.05) is 4.90 Å². The van der Waals surface area contributed by atoms with Gasteiger partial charge in [-0.25, -0.2) is 0 Å². The fourth-order valence-corrected chi connectivity index (χ4v) is 3.63. The zero-order valence-electron chi connectivity index (χ0n) is 11.1. The molecule has 0 aromatic rings. The highest BCUT2D eigenvalue weighted by molar-refractivity contribution is 5.81. The van der Waals surface area contributed by atoms with Crippen LogP contribution in [0.2, 0.25) is 0 Å². The predicted octanol–water partition coefficient (Wildman–Crippen LogP) is 1.16. The first-order valence-corrected chi connectivity index (χ1v) is 7.40. The predicted molar refractivity (Wildman–Crippen MR) is 69.3 cm³/mol. The Hall–Kier alpha value is -0.610. The third-order valence-electron chi connectivity index (χ3n) is 5.01. The normalized spacial score (nSPS) is 31.8. The molecule has 3 saturated heterocycles. The lowest BCUT2D eigenvalue weighted by atomic mass is 9.71. The summed E-state index contributed by atoms with van der Waals surface area (Å²) in [5.74, 6) is 0.247. The number of likely N-dealkylation sites (tertiary alicyclic amines) is 1. The summed E-state index contributed by atoms with van der Waals surface area (Å²) in [6, 6.07) is 0. The molecule has 0 aromatic heterocycles. The first-order chi connectivity index (χ1) is 8.79. The monoisotopic (exact) mass is 252 g/mol. The Morgan fingerprint density at radius 1 is 1.17 bits per heavy atom. The number of hydrogen-bond donors (Lipinski definition) is 1. The van der Waals surface area contributed by atoms with Crippen molar-refractivity contribution < 1.29 is 9.53 Å². The lowest BCUT2D eigenvalue weighted by Crippen LogP contribution is -2.49. The standard InChI is InChI=1S/C14H24N2O2/c17-13(12-2-1-11-18-12)16-9-5-14(6-10-16)3-7-15-8-4-14/h12,15H,1-11H2/t12-/m1/s1. The molecule has 3 aliphatic rings. The smallest absolute Gasteiger partial charge is 0.251 e. The van der Waals surface area contributed by atoms with E-state index in [2.05, 4.69) is 5.32 Å². The van der Waals surface area contributed by atoms with Gasteiger partial charge in [0.1, 0.15) is 6.10 Å². The number of ether oxygens (including phenoxy) is 1. The van der Waals surface area contributed by atoms with Crippen molar-refractivity contribution in [2.24, 2.45) is 5.41 Å². The number of hydrogen-bond acceptors (Lipinski definition) is 3. The molecule has 3 aliphatic heterocycles. The Bertz CT molecular complexity index is 297. The van der Waals surface area contributed by atoms with Gasteiger partial charge < -0.3 is 15.0 Å². The minimum absolute atomic E-state index is 0.132. The second-order valence-electron chi connectivity index (χ2n) is 6.08. The van der Waals surface area contributed by atoms with Gasteiger partial charge in [-0.2, -0.15) is 0 Å². The van der Waals surface area contributed by atoms with Crippen LogP contribution in [0.25, 0.3) is 0 Å². The summed E-state index contributed by atoms with van der Waals surface area (Å²) in [6.45, 7) is 4.95. The van der Waals surface area contributed by atoms with Crippen molar-refractivity contribution in [2.45, 2.75) is 44.6 Å². The molecular weight excluding hydrogens is 228 g/mol. The zero-order valence-corrected chi connectivity index (χ0v) is 11.1. The minimum Gasteiger partial charge on any atom is -0.368 e. The molecule has 3 rings (SSSR count). The molecule has 1 N–H and O–H groups in total. The van der Waals surface area contributed by atoms with Crippen LogP contribution in [0.4, 0.5) is 0 Å². The highest BCUT2D eigenvalue weighted by atomic mass is 16.5. The van der Waals surface area contributed by atoms with E-state index in [1.165, 1.54) is 25.7 Å². The Kier molecular flexibility index (Phi) is 3.57. The minimum atomic E-state index is -0.132. The van der Waals surface area contributed by atoms with Gasteiger partial charge in [0.25, 0.3) is 5.91 Å². The van der Waals surface area contributed by atoms with Crippen molar-refractivity contribution in [3.63, 3.8) is 0 Å². The third-order valence-corrected chi connectivity index (χ3v) is 5.01. The molecule has 0 unspecified atom stereocenters. The van der Waals surface area contributed by atoms with Crippen molar-refractivity contribution >= 4 is 5.91 Å². The molecule has 0 saturated carbocycles. The van der Waals surface area contributed by atoms with Crippen LogP contribution in [0.1, 0.15) is 38.5 Å². The Morgan fingerprint density at radius 2 is 1.89 bits per heavy atom. The summed E-state index contributed by atoms with van der Waals surface area (Å²) >= 11 is 0. The van der Waals surface area contributed by atoms with Gasteiger partial charge in [0.2, 0.25) is 0 Å².